The predicted molar refractivity (Wildman–Crippen MR) is 130 cm³/mol. The van der Waals surface area contributed by atoms with E-state index in [2.05, 4.69) is 4.72 Å². The van der Waals surface area contributed by atoms with Crippen LogP contribution in [-0.4, -0.2) is 30.8 Å². The lowest BCUT2D eigenvalue weighted by Gasteiger charge is -2.18. The lowest BCUT2D eigenvalue weighted by atomic mass is 9.90. The van der Waals surface area contributed by atoms with Crippen molar-refractivity contribution in [3.63, 3.8) is 0 Å². The predicted octanol–water partition coefficient (Wildman–Crippen LogP) is 3.34. The highest BCUT2D eigenvalue weighted by Gasteiger charge is 2.31. The van der Waals surface area contributed by atoms with Gasteiger partial charge in [0.15, 0.2) is 11.5 Å². The van der Waals surface area contributed by atoms with Crippen LogP contribution in [0.1, 0.15) is 28.2 Å². The molecule has 8 nitrogen and oxygen atoms in total. The van der Waals surface area contributed by atoms with E-state index in [1.165, 1.54) is 12.1 Å². The summed E-state index contributed by atoms with van der Waals surface area (Å²) >= 11 is 0. The normalized spacial score (nSPS) is 13.7. The van der Waals surface area contributed by atoms with Crippen molar-refractivity contribution >= 4 is 26.8 Å². The number of hydrogen-bond acceptors (Lipinski definition) is 6. The molecule has 35 heavy (non-hydrogen) atoms. The van der Waals surface area contributed by atoms with Crippen LogP contribution in [0.25, 0.3) is 10.9 Å². The quantitative estimate of drug-likeness (QED) is 0.428. The molecule has 1 atom stereocenters. The van der Waals surface area contributed by atoms with Gasteiger partial charge in [-0.05, 0) is 53.9 Å². The molecule has 0 saturated carbocycles. The van der Waals surface area contributed by atoms with Crippen molar-refractivity contribution in [3.05, 3.63) is 89.1 Å². The van der Waals surface area contributed by atoms with Gasteiger partial charge in [0.05, 0.1) is 17.4 Å². The number of ether oxygens (including phenoxy) is 2. The third kappa shape index (κ3) is 4.24. The van der Waals surface area contributed by atoms with Crippen LogP contribution in [-0.2, 0) is 28.5 Å². The topological polar surface area (TPSA) is 107 Å². The molecule has 1 unspecified atom stereocenters. The van der Waals surface area contributed by atoms with Crippen LogP contribution < -0.4 is 14.2 Å². The van der Waals surface area contributed by atoms with Gasteiger partial charge in [-0.2, -0.15) is 0 Å². The highest BCUT2D eigenvalue weighted by atomic mass is 32.2. The molecule has 0 radical (unpaired) electrons. The van der Waals surface area contributed by atoms with E-state index >= 15 is 0 Å². The number of aliphatic hydroxyl groups excluding tert-OH is 1. The number of nitrogens with one attached hydrogen (secondary N) is 1. The zero-order valence-corrected chi connectivity index (χ0v) is 20.0. The van der Waals surface area contributed by atoms with Crippen LogP contribution in [0.2, 0.25) is 0 Å². The van der Waals surface area contributed by atoms with Crippen molar-refractivity contribution in [1.82, 2.24) is 9.29 Å². The summed E-state index contributed by atoms with van der Waals surface area (Å²) < 4.78 is 41.1. The minimum Gasteiger partial charge on any atom is -0.454 e. The Kier molecular flexibility index (Phi) is 5.74. The molecule has 4 aromatic rings. The molecular formula is C26H24N2O6S. The SMILES string of the molecule is Cc1ccc(S(=O)(=O)NC(=O)C(c2ccc3c(c2)OCO3)c2cn(C)c3cc(CO)ccc23)cc1. The van der Waals surface area contributed by atoms with E-state index in [1.807, 2.05) is 30.7 Å². The van der Waals surface area contributed by atoms with E-state index < -0.39 is 21.8 Å². The van der Waals surface area contributed by atoms with Gasteiger partial charge in [-0.3, -0.25) is 4.79 Å². The maximum atomic E-state index is 13.7. The van der Waals surface area contributed by atoms with Crippen LogP contribution in [0.5, 0.6) is 11.5 Å². The minimum absolute atomic E-state index is 0.00592. The first-order chi connectivity index (χ1) is 16.8. The van der Waals surface area contributed by atoms with Crippen LogP contribution in [0, 0.1) is 6.92 Å². The Balaban J connectivity index is 1.62. The number of carbonyl (C=O) groups is 1. The molecule has 0 bridgehead atoms. The van der Waals surface area contributed by atoms with Gasteiger partial charge in [-0.1, -0.05) is 35.9 Å². The summed E-state index contributed by atoms with van der Waals surface area (Å²) in [6.45, 7) is 1.82. The van der Waals surface area contributed by atoms with Gasteiger partial charge in [0.25, 0.3) is 10.0 Å². The summed E-state index contributed by atoms with van der Waals surface area (Å²) in [6, 6.07) is 16.9. The zero-order valence-electron chi connectivity index (χ0n) is 19.2. The second-order valence-electron chi connectivity index (χ2n) is 8.53. The molecule has 2 N–H and O–H groups in total. The number of fused-ring (bicyclic) bond motifs is 2. The third-order valence-corrected chi connectivity index (χ3v) is 7.50. The number of amides is 1. The van der Waals surface area contributed by atoms with E-state index in [0.29, 0.717) is 22.6 Å². The van der Waals surface area contributed by atoms with Gasteiger partial charge in [0.2, 0.25) is 12.7 Å². The first-order valence-corrected chi connectivity index (χ1v) is 12.5. The van der Waals surface area contributed by atoms with E-state index in [4.69, 9.17) is 9.47 Å². The van der Waals surface area contributed by atoms with Crippen LogP contribution in [0.4, 0.5) is 0 Å². The van der Waals surface area contributed by atoms with Crippen LogP contribution >= 0.6 is 0 Å². The van der Waals surface area contributed by atoms with Gasteiger partial charge >= 0.3 is 0 Å². The number of hydrogen-bond donors (Lipinski definition) is 2. The first-order valence-electron chi connectivity index (χ1n) is 11.0. The van der Waals surface area contributed by atoms with Crippen molar-refractivity contribution in [3.8, 4) is 11.5 Å². The molecule has 3 aromatic carbocycles. The summed E-state index contributed by atoms with van der Waals surface area (Å²) in [5.74, 6) is -0.591. The van der Waals surface area contributed by atoms with Gasteiger partial charge in [0, 0.05) is 24.1 Å². The molecule has 5 rings (SSSR count). The van der Waals surface area contributed by atoms with Gasteiger partial charge in [-0.15, -0.1) is 0 Å². The van der Waals surface area contributed by atoms with Crippen molar-refractivity contribution in [2.45, 2.75) is 24.3 Å². The van der Waals surface area contributed by atoms with Crippen molar-refractivity contribution in [1.29, 1.82) is 0 Å². The summed E-state index contributed by atoms with van der Waals surface area (Å²) in [6.07, 6.45) is 1.80. The average Bonchev–Trinajstić information content (AvgIpc) is 3.43. The Hall–Kier alpha value is -3.82. The monoisotopic (exact) mass is 492 g/mol. The smallest absolute Gasteiger partial charge is 0.264 e. The van der Waals surface area contributed by atoms with Crippen molar-refractivity contribution < 1.29 is 27.8 Å². The fourth-order valence-corrected chi connectivity index (χ4v) is 5.32. The summed E-state index contributed by atoms with van der Waals surface area (Å²) in [5.41, 5.74) is 3.64. The highest BCUT2D eigenvalue weighted by Crippen LogP contribution is 2.39. The number of aliphatic hydroxyl groups is 1. The standard InChI is InChI=1S/C26H24N2O6S/c1-16-3-7-19(8-4-16)35(31,32)27-26(30)25(18-6-10-23-24(12-18)34-15-33-23)21-13-28(2)22-11-17(14-29)5-9-20(21)22/h3-13,25,29H,14-15H2,1-2H3,(H,27,30). The maximum Gasteiger partial charge on any atom is 0.264 e. The van der Waals surface area contributed by atoms with Crippen molar-refractivity contribution in [2.24, 2.45) is 7.05 Å². The van der Waals surface area contributed by atoms with Gasteiger partial charge < -0.3 is 19.1 Å². The number of nitrogens with zero attached hydrogens (tertiary/aromatic N) is 1. The molecule has 1 aliphatic rings. The lowest BCUT2D eigenvalue weighted by Crippen LogP contribution is -2.35. The van der Waals surface area contributed by atoms with Gasteiger partial charge in [-0.25, -0.2) is 13.1 Å². The molecule has 2 heterocycles. The first kappa shape index (κ1) is 22.9. The number of rotatable bonds is 6. The molecular weight excluding hydrogens is 468 g/mol. The fraction of sp³-hybridized carbons (Fsp3) is 0.192. The van der Waals surface area contributed by atoms with Crippen molar-refractivity contribution in [2.75, 3.05) is 6.79 Å². The number of carbonyl (C=O) groups excluding carboxylic acids is 1. The molecule has 180 valence electrons. The molecule has 9 heteroatoms. The van der Waals surface area contributed by atoms with E-state index in [1.54, 1.807) is 42.6 Å². The zero-order chi connectivity index (χ0) is 24.7. The van der Waals surface area contributed by atoms with Gasteiger partial charge in [0.1, 0.15) is 0 Å². The summed E-state index contributed by atoms with van der Waals surface area (Å²) in [7, 11) is -2.26. The second-order valence-corrected chi connectivity index (χ2v) is 10.2. The molecule has 0 saturated heterocycles. The largest absolute Gasteiger partial charge is 0.454 e. The number of aromatic nitrogens is 1. The molecule has 0 aliphatic carbocycles. The van der Waals surface area contributed by atoms with E-state index in [-0.39, 0.29) is 18.3 Å². The number of benzene rings is 3. The molecule has 0 spiro atoms. The summed E-state index contributed by atoms with van der Waals surface area (Å²) in [5, 5.41) is 10.3. The van der Waals surface area contributed by atoms with Crippen LogP contribution in [0.15, 0.2) is 71.8 Å². The molecule has 1 aliphatic heterocycles. The average molecular weight is 493 g/mol. The second kappa shape index (κ2) is 8.75. The van der Waals surface area contributed by atoms with E-state index in [9.17, 15) is 18.3 Å². The Bertz CT molecular complexity index is 1540. The molecule has 0 fully saturated rings. The fourth-order valence-electron chi connectivity index (χ4n) is 4.32. The third-order valence-electron chi connectivity index (χ3n) is 6.14. The molecule has 1 amide bonds. The number of aryl methyl sites for hydroxylation is 2. The highest BCUT2D eigenvalue weighted by molar-refractivity contribution is 7.90. The van der Waals surface area contributed by atoms with E-state index in [0.717, 1.165) is 22.0 Å². The Morgan fingerprint density at radius 1 is 1.06 bits per heavy atom. The van der Waals surface area contributed by atoms with Crippen LogP contribution in [0.3, 0.4) is 0 Å². The Labute approximate surface area is 202 Å². The Morgan fingerprint density at radius 3 is 2.54 bits per heavy atom. The lowest BCUT2D eigenvalue weighted by molar-refractivity contribution is -0.119. The maximum absolute atomic E-state index is 13.7. The Morgan fingerprint density at radius 2 is 1.80 bits per heavy atom. The summed E-state index contributed by atoms with van der Waals surface area (Å²) in [4.78, 5) is 13.7. The number of sulfonamides is 1. The minimum atomic E-state index is -4.10. The molecule has 1 aromatic heterocycles.